The van der Waals surface area contributed by atoms with Gasteiger partial charge in [0.2, 0.25) is 5.91 Å². The Morgan fingerprint density at radius 1 is 1.29 bits per heavy atom. The molecule has 116 valence electrons. The lowest BCUT2D eigenvalue weighted by molar-refractivity contribution is -0.138. The van der Waals surface area contributed by atoms with Gasteiger partial charge in [0.05, 0.1) is 5.56 Å². The Kier molecular flexibility index (Phi) is 4.88. The Bertz CT molecular complexity index is 494. The van der Waals surface area contributed by atoms with Crippen molar-refractivity contribution in [2.24, 2.45) is 0 Å². The normalized spacial score (nSPS) is 17.0. The molecular weight excluding hydrogens is 281 g/mol. The van der Waals surface area contributed by atoms with Gasteiger partial charge in [-0.3, -0.25) is 4.79 Å². The van der Waals surface area contributed by atoms with Gasteiger partial charge in [-0.1, -0.05) is 18.2 Å². The first kappa shape index (κ1) is 15.8. The fourth-order valence-corrected chi connectivity index (χ4v) is 2.60. The number of hydrogen-bond acceptors (Lipinski definition) is 2. The van der Waals surface area contributed by atoms with Crippen LogP contribution in [-0.4, -0.2) is 29.9 Å². The molecule has 1 aliphatic heterocycles. The quantitative estimate of drug-likeness (QED) is 0.931. The largest absolute Gasteiger partial charge is 0.416 e. The van der Waals surface area contributed by atoms with E-state index in [0.29, 0.717) is 13.1 Å². The van der Waals surface area contributed by atoms with E-state index in [4.69, 9.17) is 0 Å². The Morgan fingerprint density at radius 2 is 1.90 bits per heavy atom. The molecule has 1 aromatic rings. The Hall–Kier alpha value is -1.56. The summed E-state index contributed by atoms with van der Waals surface area (Å²) >= 11 is 0. The molecule has 0 spiro atoms. The maximum absolute atomic E-state index is 12.9. The van der Waals surface area contributed by atoms with Crippen molar-refractivity contribution in [3.05, 3.63) is 35.4 Å². The van der Waals surface area contributed by atoms with E-state index in [1.165, 1.54) is 19.1 Å². The molecule has 2 rings (SSSR count). The topological polar surface area (TPSA) is 32.3 Å². The minimum Gasteiger partial charge on any atom is -0.343 e. The van der Waals surface area contributed by atoms with Gasteiger partial charge in [0, 0.05) is 32.6 Å². The molecule has 1 amide bonds. The van der Waals surface area contributed by atoms with Crippen molar-refractivity contribution in [2.45, 2.75) is 38.5 Å². The third-order valence-corrected chi connectivity index (χ3v) is 3.84. The molecular formula is C15H19F3N2O. The van der Waals surface area contributed by atoms with Crippen molar-refractivity contribution in [3.8, 4) is 0 Å². The van der Waals surface area contributed by atoms with E-state index in [1.54, 1.807) is 11.0 Å². The molecule has 3 nitrogen and oxygen atoms in total. The zero-order valence-corrected chi connectivity index (χ0v) is 11.9. The SMILES string of the molecule is CC(=O)N1CCC(NCc2ccccc2C(F)(F)F)CC1. The van der Waals surface area contributed by atoms with Crippen LogP contribution in [0.4, 0.5) is 13.2 Å². The van der Waals surface area contributed by atoms with E-state index in [-0.39, 0.29) is 24.1 Å². The van der Waals surface area contributed by atoms with E-state index in [1.807, 2.05) is 0 Å². The van der Waals surface area contributed by atoms with Gasteiger partial charge in [-0.25, -0.2) is 0 Å². The summed E-state index contributed by atoms with van der Waals surface area (Å²) in [6, 6.07) is 5.78. The van der Waals surface area contributed by atoms with Crippen molar-refractivity contribution in [2.75, 3.05) is 13.1 Å². The predicted octanol–water partition coefficient (Wildman–Crippen LogP) is 2.81. The molecule has 1 fully saturated rings. The van der Waals surface area contributed by atoms with Crippen LogP contribution in [0, 0.1) is 0 Å². The molecule has 0 aromatic heterocycles. The van der Waals surface area contributed by atoms with Crippen LogP contribution >= 0.6 is 0 Å². The zero-order valence-electron chi connectivity index (χ0n) is 11.9. The van der Waals surface area contributed by atoms with Gasteiger partial charge in [-0.2, -0.15) is 13.2 Å². The van der Waals surface area contributed by atoms with Crippen molar-refractivity contribution in [1.29, 1.82) is 0 Å². The summed E-state index contributed by atoms with van der Waals surface area (Å²) in [4.78, 5) is 13.0. The van der Waals surface area contributed by atoms with Crippen molar-refractivity contribution < 1.29 is 18.0 Å². The highest BCUT2D eigenvalue weighted by atomic mass is 19.4. The molecule has 0 radical (unpaired) electrons. The lowest BCUT2D eigenvalue weighted by Crippen LogP contribution is -2.44. The number of carbonyl (C=O) groups excluding carboxylic acids is 1. The molecule has 0 aliphatic carbocycles. The first-order valence-electron chi connectivity index (χ1n) is 7.02. The summed E-state index contributed by atoms with van der Waals surface area (Å²) in [6.07, 6.45) is -2.78. The molecule has 1 aliphatic rings. The van der Waals surface area contributed by atoms with Crippen LogP contribution in [0.2, 0.25) is 0 Å². The van der Waals surface area contributed by atoms with E-state index < -0.39 is 11.7 Å². The molecule has 0 bridgehead atoms. The van der Waals surface area contributed by atoms with Crippen LogP contribution in [0.5, 0.6) is 0 Å². The van der Waals surface area contributed by atoms with E-state index >= 15 is 0 Å². The number of benzene rings is 1. The fourth-order valence-electron chi connectivity index (χ4n) is 2.60. The number of likely N-dealkylation sites (tertiary alicyclic amines) is 1. The number of rotatable bonds is 3. The van der Waals surface area contributed by atoms with Gasteiger partial charge >= 0.3 is 6.18 Å². The van der Waals surface area contributed by atoms with Gasteiger partial charge < -0.3 is 10.2 Å². The van der Waals surface area contributed by atoms with E-state index in [2.05, 4.69) is 5.32 Å². The molecule has 0 atom stereocenters. The van der Waals surface area contributed by atoms with Gasteiger partial charge in [0.15, 0.2) is 0 Å². The van der Waals surface area contributed by atoms with Crippen molar-refractivity contribution in [1.82, 2.24) is 10.2 Å². The van der Waals surface area contributed by atoms with Gasteiger partial charge in [0.25, 0.3) is 0 Å². The van der Waals surface area contributed by atoms with Crippen LogP contribution in [0.1, 0.15) is 30.9 Å². The number of alkyl halides is 3. The lowest BCUT2D eigenvalue weighted by Gasteiger charge is -2.32. The average molecular weight is 300 g/mol. The minimum atomic E-state index is -4.32. The van der Waals surface area contributed by atoms with E-state index in [9.17, 15) is 18.0 Å². The number of hydrogen-bond donors (Lipinski definition) is 1. The van der Waals surface area contributed by atoms with E-state index in [0.717, 1.165) is 18.9 Å². The third kappa shape index (κ3) is 4.20. The summed E-state index contributed by atoms with van der Waals surface area (Å²) in [6.45, 7) is 3.05. The van der Waals surface area contributed by atoms with Crippen LogP contribution in [-0.2, 0) is 17.5 Å². The number of nitrogens with zero attached hydrogens (tertiary/aromatic N) is 1. The van der Waals surface area contributed by atoms with Gasteiger partial charge in [0.1, 0.15) is 0 Å². The summed E-state index contributed by atoms with van der Waals surface area (Å²) < 4.78 is 38.6. The summed E-state index contributed by atoms with van der Waals surface area (Å²) in [5.74, 6) is 0.0517. The third-order valence-electron chi connectivity index (χ3n) is 3.84. The average Bonchev–Trinajstić information content (AvgIpc) is 2.45. The van der Waals surface area contributed by atoms with Crippen LogP contribution in [0.15, 0.2) is 24.3 Å². The molecule has 6 heteroatoms. The monoisotopic (exact) mass is 300 g/mol. The molecule has 0 saturated carbocycles. The Balaban J connectivity index is 1.91. The fraction of sp³-hybridized carbons (Fsp3) is 0.533. The van der Waals surface area contributed by atoms with Gasteiger partial charge in [-0.15, -0.1) is 0 Å². The standard InChI is InChI=1S/C15H19F3N2O/c1-11(21)20-8-6-13(7-9-20)19-10-12-4-2-3-5-14(12)15(16,17)18/h2-5,13,19H,6-10H2,1H3. The highest BCUT2D eigenvalue weighted by molar-refractivity contribution is 5.73. The molecule has 1 aromatic carbocycles. The van der Waals surface area contributed by atoms with Crippen molar-refractivity contribution in [3.63, 3.8) is 0 Å². The highest BCUT2D eigenvalue weighted by Gasteiger charge is 2.33. The number of carbonyl (C=O) groups is 1. The molecule has 21 heavy (non-hydrogen) atoms. The molecule has 1 saturated heterocycles. The second-order valence-electron chi connectivity index (χ2n) is 5.32. The van der Waals surface area contributed by atoms with Crippen LogP contribution in [0.25, 0.3) is 0 Å². The second-order valence-corrected chi connectivity index (χ2v) is 5.32. The molecule has 0 unspecified atom stereocenters. The molecule has 1 N–H and O–H groups in total. The van der Waals surface area contributed by atoms with Crippen LogP contribution < -0.4 is 5.32 Å². The summed E-state index contributed by atoms with van der Waals surface area (Å²) in [5.41, 5.74) is -0.322. The predicted molar refractivity (Wildman–Crippen MR) is 73.6 cm³/mol. The Morgan fingerprint density at radius 3 is 2.48 bits per heavy atom. The highest BCUT2D eigenvalue weighted by Crippen LogP contribution is 2.31. The van der Waals surface area contributed by atoms with Crippen LogP contribution in [0.3, 0.4) is 0 Å². The first-order valence-corrected chi connectivity index (χ1v) is 7.02. The number of halogens is 3. The van der Waals surface area contributed by atoms with Crippen molar-refractivity contribution >= 4 is 5.91 Å². The number of nitrogens with one attached hydrogen (secondary N) is 1. The molecule has 1 heterocycles. The maximum atomic E-state index is 12.9. The number of amides is 1. The summed E-state index contributed by atoms with van der Waals surface area (Å²) in [7, 11) is 0. The first-order chi connectivity index (χ1) is 9.88. The zero-order chi connectivity index (χ0) is 15.5. The number of piperidine rings is 1. The van der Waals surface area contributed by atoms with Gasteiger partial charge in [-0.05, 0) is 24.5 Å². The second kappa shape index (κ2) is 6.47. The Labute approximate surface area is 122 Å². The summed E-state index contributed by atoms with van der Waals surface area (Å²) in [5, 5.41) is 3.17. The maximum Gasteiger partial charge on any atom is 0.416 e. The minimum absolute atomic E-state index is 0.0517. The smallest absolute Gasteiger partial charge is 0.343 e. The lowest BCUT2D eigenvalue weighted by atomic mass is 10.0.